The van der Waals surface area contributed by atoms with E-state index < -0.39 is 0 Å². The Balaban J connectivity index is 1.89. The summed E-state index contributed by atoms with van der Waals surface area (Å²) < 4.78 is 0. The van der Waals surface area contributed by atoms with E-state index in [9.17, 15) is 4.79 Å². The van der Waals surface area contributed by atoms with Gasteiger partial charge in [-0.15, -0.1) is 0 Å². The van der Waals surface area contributed by atoms with Gasteiger partial charge >= 0.3 is 0 Å². The van der Waals surface area contributed by atoms with Crippen LogP contribution >= 0.6 is 0 Å². The minimum atomic E-state index is 0.215. The highest BCUT2D eigenvalue weighted by Gasteiger charge is 2.27. The van der Waals surface area contributed by atoms with Crippen LogP contribution in [0.4, 0.5) is 5.82 Å². The number of anilines is 1. The summed E-state index contributed by atoms with van der Waals surface area (Å²) >= 11 is 0. The maximum Gasteiger partial charge on any atom is 0.210 e. The van der Waals surface area contributed by atoms with Crippen molar-refractivity contribution in [2.45, 2.75) is 44.6 Å². The van der Waals surface area contributed by atoms with Crippen LogP contribution in [0.3, 0.4) is 0 Å². The molecule has 3 rings (SSSR count). The fourth-order valence-corrected chi connectivity index (χ4v) is 3.45. The number of carbonyl (C=O) groups excluding carboxylic acids is 1. The number of piperidine rings is 2. The smallest absolute Gasteiger partial charge is 0.210 e. The van der Waals surface area contributed by atoms with Crippen molar-refractivity contribution in [3.63, 3.8) is 0 Å². The van der Waals surface area contributed by atoms with Gasteiger partial charge in [0.1, 0.15) is 5.82 Å². The van der Waals surface area contributed by atoms with Gasteiger partial charge in [0.25, 0.3) is 0 Å². The van der Waals surface area contributed by atoms with Crippen LogP contribution in [0.25, 0.3) is 0 Å². The van der Waals surface area contributed by atoms with E-state index in [4.69, 9.17) is 0 Å². The maximum atomic E-state index is 11.3. The van der Waals surface area contributed by atoms with Crippen LogP contribution in [0.15, 0.2) is 18.3 Å². The lowest BCUT2D eigenvalue weighted by Crippen LogP contribution is -2.35. The largest absolute Gasteiger partial charge is 0.356 e. The number of hydrogen-bond donors (Lipinski definition) is 0. The van der Waals surface area contributed by atoms with Crippen LogP contribution in [0.1, 0.15) is 50.1 Å². The molecule has 2 aliphatic heterocycles. The highest BCUT2D eigenvalue weighted by Crippen LogP contribution is 2.35. The predicted molar refractivity (Wildman–Crippen MR) is 79.7 cm³/mol. The first kappa shape index (κ1) is 13.4. The van der Waals surface area contributed by atoms with E-state index in [2.05, 4.69) is 16.0 Å². The van der Waals surface area contributed by atoms with E-state index in [1.807, 2.05) is 17.2 Å². The molecule has 0 unspecified atom stereocenters. The number of aromatic nitrogens is 1. The predicted octanol–water partition coefficient (Wildman–Crippen LogP) is 2.76. The number of hydrogen-bond acceptors (Lipinski definition) is 3. The Morgan fingerprint density at radius 1 is 1.10 bits per heavy atom. The molecule has 4 heteroatoms. The van der Waals surface area contributed by atoms with Crippen LogP contribution in [0.5, 0.6) is 0 Å². The van der Waals surface area contributed by atoms with Crippen LogP contribution in [-0.2, 0) is 4.79 Å². The summed E-state index contributed by atoms with van der Waals surface area (Å²) in [5.41, 5.74) is 1.24. The fourth-order valence-electron chi connectivity index (χ4n) is 3.45. The lowest BCUT2D eigenvalue weighted by molar-refractivity contribution is -0.121. The number of carbonyl (C=O) groups is 1. The Morgan fingerprint density at radius 3 is 2.70 bits per heavy atom. The average molecular weight is 273 g/mol. The molecule has 2 fully saturated rings. The summed E-state index contributed by atoms with van der Waals surface area (Å²) in [5.74, 6) is 1.10. The van der Waals surface area contributed by atoms with Crippen molar-refractivity contribution < 1.29 is 4.79 Å². The van der Waals surface area contributed by atoms with Crippen molar-refractivity contribution in [2.24, 2.45) is 0 Å². The van der Waals surface area contributed by atoms with Gasteiger partial charge in [-0.1, -0.05) is 6.07 Å². The lowest BCUT2D eigenvalue weighted by Gasteiger charge is -2.36. The summed E-state index contributed by atoms with van der Waals surface area (Å²) in [4.78, 5) is 20.3. The first-order chi connectivity index (χ1) is 9.90. The number of pyridine rings is 1. The van der Waals surface area contributed by atoms with Crippen molar-refractivity contribution in [3.05, 3.63) is 23.9 Å². The second kappa shape index (κ2) is 6.25. The molecule has 0 saturated carbocycles. The molecular weight excluding hydrogens is 250 g/mol. The SMILES string of the molecule is O=CN1CCCC[C@H]1c1cccnc1N1CCCCC1. The second-order valence-electron chi connectivity index (χ2n) is 5.82. The second-order valence-corrected chi connectivity index (χ2v) is 5.82. The van der Waals surface area contributed by atoms with Gasteiger partial charge in [0.05, 0.1) is 6.04 Å². The van der Waals surface area contributed by atoms with Gasteiger partial charge in [-0.2, -0.15) is 0 Å². The fraction of sp³-hybridized carbons (Fsp3) is 0.625. The molecule has 0 aromatic carbocycles. The average Bonchev–Trinajstić information content (AvgIpc) is 2.55. The molecule has 1 amide bonds. The Hall–Kier alpha value is -1.58. The Bertz CT molecular complexity index is 457. The minimum absolute atomic E-state index is 0.215. The molecule has 2 aliphatic rings. The van der Waals surface area contributed by atoms with Crippen LogP contribution in [0, 0.1) is 0 Å². The number of likely N-dealkylation sites (tertiary alicyclic amines) is 1. The number of amides is 1. The van der Waals surface area contributed by atoms with E-state index in [-0.39, 0.29) is 6.04 Å². The zero-order chi connectivity index (χ0) is 13.8. The van der Waals surface area contributed by atoms with Gasteiger partial charge in [0.15, 0.2) is 0 Å². The molecule has 1 aromatic heterocycles. The highest BCUT2D eigenvalue weighted by molar-refractivity contribution is 5.54. The number of rotatable bonds is 3. The van der Waals surface area contributed by atoms with E-state index in [1.54, 1.807) is 0 Å². The topological polar surface area (TPSA) is 36.4 Å². The maximum absolute atomic E-state index is 11.3. The van der Waals surface area contributed by atoms with E-state index in [0.29, 0.717) is 0 Å². The summed E-state index contributed by atoms with van der Waals surface area (Å²) in [5, 5.41) is 0. The highest BCUT2D eigenvalue weighted by atomic mass is 16.1. The van der Waals surface area contributed by atoms with Crippen molar-refractivity contribution in [3.8, 4) is 0 Å². The molecule has 4 nitrogen and oxygen atoms in total. The van der Waals surface area contributed by atoms with Crippen molar-refractivity contribution in [1.29, 1.82) is 0 Å². The quantitative estimate of drug-likeness (QED) is 0.795. The van der Waals surface area contributed by atoms with Crippen LogP contribution in [-0.4, -0.2) is 35.9 Å². The monoisotopic (exact) mass is 273 g/mol. The van der Waals surface area contributed by atoms with Gasteiger partial charge in [-0.05, 0) is 44.6 Å². The summed E-state index contributed by atoms with van der Waals surface area (Å²) in [6, 6.07) is 4.37. The molecule has 3 heterocycles. The van der Waals surface area contributed by atoms with E-state index in [1.165, 1.54) is 31.2 Å². The van der Waals surface area contributed by atoms with E-state index in [0.717, 1.165) is 44.7 Å². The summed E-state index contributed by atoms with van der Waals surface area (Å²) in [6.07, 6.45) is 10.1. The molecule has 1 atom stereocenters. The third-order valence-electron chi connectivity index (χ3n) is 4.51. The van der Waals surface area contributed by atoms with Gasteiger partial charge in [-0.25, -0.2) is 4.98 Å². The molecule has 0 spiro atoms. The molecule has 0 N–H and O–H groups in total. The Labute approximate surface area is 120 Å². The normalized spacial score (nSPS) is 23.7. The molecule has 1 aromatic rings. The molecule has 2 saturated heterocycles. The van der Waals surface area contributed by atoms with Gasteiger partial charge in [0, 0.05) is 31.4 Å². The van der Waals surface area contributed by atoms with Crippen LogP contribution < -0.4 is 4.90 Å². The van der Waals surface area contributed by atoms with Crippen molar-refractivity contribution >= 4 is 12.2 Å². The third kappa shape index (κ3) is 2.65. The molecule has 20 heavy (non-hydrogen) atoms. The van der Waals surface area contributed by atoms with Gasteiger partial charge < -0.3 is 9.80 Å². The van der Waals surface area contributed by atoms with E-state index >= 15 is 0 Å². The summed E-state index contributed by atoms with van der Waals surface area (Å²) in [7, 11) is 0. The summed E-state index contributed by atoms with van der Waals surface area (Å²) in [6.45, 7) is 3.07. The zero-order valence-electron chi connectivity index (χ0n) is 12.0. The molecule has 0 aliphatic carbocycles. The van der Waals surface area contributed by atoms with Gasteiger partial charge in [0.2, 0.25) is 6.41 Å². The number of nitrogens with zero attached hydrogens (tertiary/aromatic N) is 3. The third-order valence-corrected chi connectivity index (χ3v) is 4.51. The standard InChI is InChI=1S/C16H23N3O/c20-13-19-12-5-2-8-15(19)14-7-6-9-17-16(14)18-10-3-1-4-11-18/h6-7,9,13,15H,1-5,8,10-12H2/t15-/m0/s1. The Kier molecular flexibility index (Phi) is 4.19. The van der Waals surface area contributed by atoms with Gasteiger partial charge in [-0.3, -0.25) is 4.79 Å². The molecular formula is C16H23N3O. The van der Waals surface area contributed by atoms with Crippen molar-refractivity contribution in [1.82, 2.24) is 9.88 Å². The lowest BCUT2D eigenvalue weighted by atomic mass is 9.95. The molecule has 108 valence electrons. The first-order valence-electron chi connectivity index (χ1n) is 7.81. The van der Waals surface area contributed by atoms with Crippen LogP contribution in [0.2, 0.25) is 0 Å². The Morgan fingerprint density at radius 2 is 1.90 bits per heavy atom. The molecule has 0 bridgehead atoms. The molecule has 0 radical (unpaired) electrons. The zero-order valence-corrected chi connectivity index (χ0v) is 12.0. The first-order valence-corrected chi connectivity index (χ1v) is 7.81. The minimum Gasteiger partial charge on any atom is -0.356 e. The van der Waals surface area contributed by atoms with Crippen molar-refractivity contribution in [2.75, 3.05) is 24.5 Å².